The van der Waals surface area contributed by atoms with Crippen LogP contribution in [-0.4, -0.2) is 42.8 Å². The Morgan fingerprint density at radius 3 is 2.72 bits per heavy atom. The maximum Gasteiger partial charge on any atom is 0.237 e. The summed E-state index contributed by atoms with van der Waals surface area (Å²) < 4.78 is 0. The highest BCUT2D eigenvalue weighted by atomic mass is 16.2. The lowest BCUT2D eigenvalue weighted by molar-refractivity contribution is -0.124. The Bertz CT molecular complexity index is 431. The third-order valence-electron chi connectivity index (χ3n) is 3.36. The number of rotatable bonds is 4. The Morgan fingerprint density at radius 1 is 1.33 bits per heavy atom. The first kappa shape index (κ1) is 12.8. The number of carbonyl (C=O) groups excluding carboxylic acids is 2. The van der Waals surface area contributed by atoms with Gasteiger partial charge in [-0.05, 0) is 19.4 Å². The van der Waals surface area contributed by atoms with Gasteiger partial charge in [0.15, 0.2) is 5.78 Å². The Kier molecular flexibility index (Phi) is 4.10. The van der Waals surface area contributed by atoms with E-state index in [1.54, 1.807) is 7.05 Å². The summed E-state index contributed by atoms with van der Waals surface area (Å²) in [7, 11) is 1.64. The minimum atomic E-state index is -0.150. The molecule has 1 atom stereocenters. The van der Waals surface area contributed by atoms with Crippen molar-refractivity contribution < 1.29 is 9.59 Å². The van der Waals surface area contributed by atoms with Crippen LogP contribution in [0.5, 0.6) is 0 Å². The molecule has 0 aromatic heterocycles. The maximum atomic E-state index is 12.1. The average molecular weight is 246 g/mol. The molecule has 1 aromatic carbocycles. The third-order valence-corrected chi connectivity index (χ3v) is 3.36. The van der Waals surface area contributed by atoms with E-state index >= 15 is 0 Å². The van der Waals surface area contributed by atoms with Crippen molar-refractivity contribution >= 4 is 11.7 Å². The van der Waals surface area contributed by atoms with Crippen LogP contribution in [0.25, 0.3) is 0 Å². The molecule has 4 nitrogen and oxygen atoms in total. The Balaban J connectivity index is 2.01. The second-order valence-electron chi connectivity index (χ2n) is 4.53. The van der Waals surface area contributed by atoms with Crippen LogP contribution < -0.4 is 5.32 Å². The molecule has 1 aliphatic rings. The molecule has 0 saturated carbocycles. The van der Waals surface area contributed by atoms with Gasteiger partial charge in [0.2, 0.25) is 5.91 Å². The van der Waals surface area contributed by atoms with Crippen molar-refractivity contribution in [2.24, 2.45) is 0 Å². The predicted octanol–water partition coefficient (Wildman–Crippen LogP) is 1.08. The molecule has 1 aliphatic heterocycles. The van der Waals surface area contributed by atoms with Gasteiger partial charge in [0, 0.05) is 12.6 Å². The summed E-state index contributed by atoms with van der Waals surface area (Å²) in [6.45, 7) is 1.14. The van der Waals surface area contributed by atoms with Crippen molar-refractivity contribution in [1.82, 2.24) is 10.2 Å². The molecule has 0 spiro atoms. The number of likely N-dealkylation sites (N-methyl/N-ethyl adjacent to an activating group) is 1. The van der Waals surface area contributed by atoms with Gasteiger partial charge in [-0.3, -0.25) is 14.5 Å². The number of benzene rings is 1. The maximum absolute atomic E-state index is 12.1. The van der Waals surface area contributed by atoms with E-state index in [0.717, 1.165) is 19.4 Å². The van der Waals surface area contributed by atoms with Gasteiger partial charge in [-0.2, -0.15) is 0 Å². The number of nitrogens with zero attached hydrogens (tertiary/aromatic N) is 1. The number of hydrogen-bond donors (Lipinski definition) is 1. The van der Waals surface area contributed by atoms with E-state index in [2.05, 4.69) is 5.32 Å². The number of hydrogen-bond acceptors (Lipinski definition) is 3. The normalized spacial score (nSPS) is 19.7. The van der Waals surface area contributed by atoms with Crippen molar-refractivity contribution in [3.8, 4) is 0 Å². The van der Waals surface area contributed by atoms with Gasteiger partial charge in [0.05, 0.1) is 12.6 Å². The van der Waals surface area contributed by atoms with Crippen molar-refractivity contribution in [3.05, 3.63) is 35.9 Å². The molecular weight excluding hydrogens is 228 g/mol. The molecular formula is C14H18N2O2. The van der Waals surface area contributed by atoms with E-state index < -0.39 is 0 Å². The van der Waals surface area contributed by atoms with Crippen molar-refractivity contribution in [2.75, 3.05) is 20.1 Å². The SMILES string of the molecule is CNC(=O)C1CCCN1CC(=O)c1ccccc1. The summed E-state index contributed by atoms with van der Waals surface area (Å²) in [5.41, 5.74) is 0.708. The van der Waals surface area contributed by atoms with Crippen molar-refractivity contribution in [2.45, 2.75) is 18.9 Å². The van der Waals surface area contributed by atoms with E-state index in [1.165, 1.54) is 0 Å². The molecule has 0 radical (unpaired) electrons. The Hall–Kier alpha value is -1.68. The molecule has 1 aromatic rings. The van der Waals surface area contributed by atoms with Crippen molar-refractivity contribution in [1.29, 1.82) is 0 Å². The van der Waals surface area contributed by atoms with Gasteiger partial charge in [0.25, 0.3) is 0 Å². The number of Topliss-reactive ketones (excluding diaryl/α,β-unsaturated/α-hetero) is 1. The Labute approximate surface area is 107 Å². The van der Waals surface area contributed by atoms with Crippen LogP contribution in [0.4, 0.5) is 0 Å². The van der Waals surface area contributed by atoms with Crippen molar-refractivity contribution in [3.63, 3.8) is 0 Å². The van der Waals surface area contributed by atoms with Gasteiger partial charge < -0.3 is 5.32 Å². The summed E-state index contributed by atoms with van der Waals surface area (Å²) in [5, 5.41) is 2.66. The quantitative estimate of drug-likeness (QED) is 0.809. The van der Waals surface area contributed by atoms with Crippen LogP contribution in [0.3, 0.4) is 0 Å². The van der Waals surface area contributed by atoms with E-state index in [0.29, 0.717) is 12.1 Å². The smallest absolute Gasteiger partial charge is 0.237 e. The molecule has 1 amide bonds. The summed E-state index contributed by atoms with van der Waals surface area (Å²) >= 11 is 0. The third kappa shape index (κ3) is 2.76. The first-order valence-electron chi connectivity index (χ1n) is 6.26. The molecule has 1 heterocycles. The van der Waals surface area contributed by atoms with Gasteiger partial charge in [-0.25, -0.2) is 0 Å². The molecule has 0 bridgehead atoms. The largest absolute Gasteiger partial charge is 0.358 e. The van der Waals surface area contributed by atoms with Crippen LogP contribution in [-0.2, 0) is 4.79 Å². The fourth-order valence-corrected chi connectivity index (χ4v) is 2.38. The molecule has 1 unspecified atom stereocenters. The van der Waals surface area contributed by atoms with E-state index in [-0.39, 0.29) is 17.7 Å². The lowest BCUT2D eigenvalue weighted by Gasteiger charge is -2.22. The van der Waals surface area contributed by atoms with E-state index in [1.807, 2.05) is 35.2 Å². The van der Waals surface area contributed by atoms with Gasteiger partial charge in [0.1, 0.15) is 0 Å². The topological polar surface area (TPSA) is 49.4 Å². The van der Waals surface area contributed by atoms with Crippen LogP contribution >= 0.6 is 0 Å². The van der Waals surface area contributed by atoms with Crippen LogP contribution in [0.15, 0.2) is 30.3 Å². The molecule has 96 valence electrons. The number of likely N-dealkylation sites (tertiary alicyclic amines) is 1. The summed E-state index contributed by atoms with van der Waals surface area (Å²) in [4.78, 5) is 25.7. The van der Waals surface area contributed by atoms with E-state index in [9.17, 15) is 9.59 Å². The van der Waals surface area contributed by atoms with Crippen LogP contribution in [0, 0.1) is 0 Å². The fourth-order valence-electron chi connectivity index (χ4n) is 2.38. The minimum absolute atomic E-state index is 0.00774. The van der Waals surface area contributed by atoms with Gasteiger partial charge in [-0.15, -0.1) is 0 Å². The number of ketones is 1. The second kappa shape index (κ2) is 5.78. The summed E-state index contributed by atoms with van der Waals surface area (Å²) in [5.74, 6) is 0.0831. The average Bonchev–Trinajstić information content (AvgIpc) is 2.87. The molecule has 1 N–H and O–H groups in total. The predicted molar refractivity (Wildman–Crippen MR) is 69.4 cm³/mol. The standard InChI is InChI=1S/C14H18N2O2/c1-15-14(18)12-8-5-9-16(12)10-13(17)11-6-3-2-4-7-11/h2-4,6-7,12H,5,8-10H2,1H3,(H,15,18). The lowest BCUT2D eigenvalue weighted by atomic mass is 10.1. The Morgan fingerprint density at radius 2 is 2.06 bits per heavy atom. The number of carbonyl (C=O) groups is 2. The van der Waals surface area contributed by atoms with Gasteiger partial charge in [-0.1, -0.05) is 30.3 Å². The molecule has 0 aliphatic carbocycles. The van der Waals surface area contributed by atoms with E-state index in [4.69, 9.17) is 0 Å². The van der Waals surface area contributed by atoms with Crippen LogP contribution in [0.1, 0.15) is 23.2 Å². The first-order valence-corrected chi connectivity index (χ1v) is 6.26. The minimum Gasteiger partial charge on any atom is -0.358 e. The molecule has 4 heteroatoms. The lowest BCUT2D eigenvalue weighted by Crippen LogP contribution is -2.43. The zero-order valence-corrected chi connectivity index (χ0v) is 10.6. The highest BCUT2D eigenvalue weighted by molar-refractivity contribution is 5.98. The second-order valence-corrected chi connectivity index (χ2v) is 4.53. The molecule has 18 heavy (non-hydrogen) atoms. The van der Waals surface area contributed by atoms with Gasteiger partial charge >= 0.3 is 0 Å². The molecule has 2 rings (SSSR count). The zero-order valence-electron chi connectivity index (χ0n) is 10.6. The zero-order chi connectivity index (χ0) is 13.0. The highest BCUT2D eigenvalue weighted by Crippen LogP contribution is 2.17. The summed E-state index contributed by atoms with van der Waals surface area (Å²) in [6.07, 6.45) is 1.81. The fraction of sp³-hybridized carbons (Fsp3) is 0.429. The number of amides is 1. The number of nitrogens with one attached hydrogen (secondary N) is 1. The highest BCUT2D eigenvalue weighted by Gasteiger charge is 2.31. The summed E-state index contributed by atoms with van der Waals surface area (Å²) in [6, 6.07) is 9.07. The molecule has 1 fully saturated rings. The van der Waals surface area contributed by atoms with Crippen LogP contribution in [0.2, 0.25) is 0 Å². The monoisotopic (exact) mass is 246 g/mol. The first-order chi connectivity index (χ1) is 8.72. The molecule has 1 saturated heterocycles.